The molecule has 0 radical (unpaired) electrons. The highest BCUT2D eigenvalue weighted by Gasteiger charge is 2.22. The summed E-state index contributed by atoms with van der Waals surface area (Å²) in [7, 11) is 1.58. The van der Waals surface area contributed by atoms with E-state index < -0.39 is 23.7 Å². The summed E-state index contributed by atoms with van der Waals surface area (Å²) < 4.78 is 10.2. The molecule has 1 aromatic rings. The first-order valence-corrected chi connectivity index (χ1v) is 7.24. The lowest BCUT2D eigenvalue weighted by molar-refractivity contribution is -0.139. The second-order valence-corrected chi connectivity index (χ2v) is 5.95. The summed E-state index contributed by atoms with van der Waals surface area (Å²) >= 11 is 0. The standard InChI is InChI=1S/C17H23NO5/c1-17(2,3)23-16(21)18-14(15(19)20)10-6-8-12-7-5-9-13(11-12)22-4/h5-9,11,14H,10H2,1-4H3,(H,18,21)(H,19,20)/b8-6+/t14-/m0/s1. The van der Waals surface area contributed by atoms with Crippen molar-refractivity contribution in [3.05, 3.63) is 35.9 Å². The van der Waals surface area contributed by atoms with Crippen LogP contribution < -0.4 is 10.1 Å². The van der Waals surface area contributed by atoms with Crippen molar-refractivity contribution in [1.29, 1.82) is 0 Å². The average Bonchev–Trinajstić information content (AvgIpc) is 2.44. The molecule has 0 spiro atoms. The number of hydrogen-bond donors (Lipinski definition) is 2. The van der Waals surface area contributed by atoms with E-state index >= 15 is 0 Å². The van der Waals surface area contributed by atoms with Crippen LogP contribution in [0, 0.1) is 0 Å². The zero-order chi connectivity index (χ0) is 17.5. The smallest absolute Gasteiger partial charge is 0.408 e. The van der Waals surface area contributed by atoms with Gasteiger partial charge in [-0.15, -0.1) is 0 Å². The van der Waals surface area contributed by atoms with Gasteiger partial charge in [-0.05, 0) is 44.9 Å². The van der Waals surface area contributed by atoms with E-state index in [1.54, 1.807) is 40.0 Å². The molecule has 126 valence electrons. The third-order valence-corrected chi connectivity index (χ3v) is 2.76. The van der Waals surface area contributed by atoms with Gasteiger partial charge in [-0.25, -0.2) is 9.59 Å². The maximum atomic E-state index is 11.7. The van der Waals surface area contributed by atoms with Crippen LogP contribution in [0.1, 0.15) is 32.8 Å². The van der Waals surface area contributed by atoms with Gasteiger partial charge < -0.3 is 19.9 Å². The van der Waals surface area contributed by atoms with Gasteiger partial charge in [-0.3, -0.25) is 0 Å². The van der Waals surface area contributed by atoms with Gasteiger partial charge in [0.2, 0.25) is 0 Å². The van der Waals surface area contributed by atoms with Crippen LogP contribution in [0.2, 0.25) is 0 Å². The summed E-state index contributed by atoms with van der Waals surface area (Å²) in [5.41, 5.74) is 0.203. The fourth-order valence-corrected chi connectivity index (χ4v) is 1.76. The molecule has 1 aromatic carbocycles. The van der Waals surface area contributed by atoms with Crippen molar-refractivity contribution in [3.63, 3.8) is 0 Å². The van der Waals surface area contributed by atoms with Gasteiger partial charge >= 0.3 is 12.1 Å². The maximum absolute atomic E-state index is 11.7. The molecule has 0 fully saturated rings. The monoisotopic (exact) mass is 321 g/mol. The third kappa shape index (κ3) is 7.35. The quantitative estimate of drug-likeness (QED) is 0.841. The topological polar surface area (TPSA) is 84.9 Å². The molecule has 0 aliphatic carbocycles. The number of carboxylic acid groups (broad SMARTS) is 1. The maximum Gasteiger partial charge on any atom is 0.408 e. The van der Waals surface area contributed by atoms with Gasteiger partial charge in [0, 0.05) is 0 Å². The van der Waals surface area contributed by atoms with E-state index in [4.69, 9.17) is 9.47 Å². The molecule has 23 heavy (non-hydrogen) atoms. The van der Waals surface area contributed by atoms with Crippen molar-refractivity contribution in [2.24, 2.45) is 0 Å². The molecule has 6 heteroatoms. The fraction of sp³-hybridized carbons (Fsp3) is 0.412. The van der Waals surface area contributed by atoms with Crippen LogP contribution in [-0.2, 0) is 9.53 Å². The van der Waals surface area contributed by atoms with E-state index in [0.29, 0.717) is 5.75 Å². The number of nitrogens with one attached hydrogen (secondary N) is 1. The number of hydrogen-bond acceptors (Lipinski definition) is 4. The molecular weight excluding hydrogens is 298 g/mol. The number of ether oxygens (including phenoxy) is 2. The van der Waals surface area contributed by atoms with Gasteiger partial charge in [0.15, 0.2) is 0 Å². The van der Waals surface area contributed by atoms with Crippen molar-refractivity contribution in [1.82, 2.24) is 5.32 Å². The molecule has 1 rings (SSSR count). The molecule has 0 heterocycles. The van der Waals surface area contributed by atoms with Crippen LogP contribution in [0.5, 0.6) is 5.75 Å². The molecule has 0 unspecified atom stereocenters. The number of aliphatic carboxylic acids is 1. The summed E-state index contributed by atoms with van der Waals surface area (Å²) in [5.74, 6) is -0.403. The van der Waals surface area contributed by atoms with Gasteiger partial charge in [0.05, 0.1) is 7.11 Å². The van der Waals surface area contributed by atoms with Gasteiger partial charge in [0.1, 0.15) is 17.4 Å². The summed E-state index contributed by atoms with van der Waals surface area (Å²) in [6.45, 7) is 5.14. The van der Waals surface area contributed by atoms with Crippen molar-refractivity contribution < 1.29 is 24.2 Å². The van der Waals surface area contributed by atoms with E-state index in [0.717, 1.165) is 5.56 Å². The molecule has 0 aliphatic rings. The Kier molecular flexibility index (Phi) is 6.63. The number of benzene rings is 1. The van der Waals surface area contributed by atoms with E-state index in [1.807, 2.05) is 24.3 Å². The minimum absolute atomic E-state index is 0.145. The average molecular weight is 321 g/mol. The molecular formula is C17H23NO5. The lowest BCUT2D eigenvalue weighted by Gasteiger charge is -2.21. The SMILES string of the molecule is COc1cccc(/C=C/C[C@H](NC(=O)OC(C)(C)C)C(=O)O)c1. The molecule has 0 aliphatic heterocycles. The van der Waals surface area contributed by atoms with Crippen molar-refractivity contribution in [3.8, 4) is 5.75 Å². The van der Waals surface area contributed by atoms with Gasteiger partial charge in [-0.1, -0.05) is 24.3 Å². The number of amides is 1. The number of carbonyl (C=O) groups is 2. The van der Waals surface area contributed by atoms with Gasteiger partial charge in [-0.2, -0.15) is 0 Å². The summed E-state index contributed by atoms with van der Waals surface area (Å²) in [6.07, 6.45) is 2.85. The highest BCUT2D eigenvalue weighted by atomic mass is 16.6. The van der Waals surface area contributed by atoms with E-state index in [2.05, 4.69) is 5.32 Å². The van der Waals surface area contributed by atoms with Crippen LogP contribution >= 0.6 is 0 Å². The zero-order valence-electron chi connectivity index (χ0n) is 13.8. The first-order valence-electron chi connectivity index (χ1n) is 7.24. The Labute approximate surface area is 136 Å². The first-order chi connectivity index (χ1) is 10.7. The highest BCUT2D eigenvalue weighted by molar-refractivity contribution is 5.80. The lowest BCUT2D eigenvalue weighted by Crippen LogP contribution is -2.43. The normalized spacial score (nSPS) is 12.7. The molecule has 6 nitrogen and oxygen atoms in total. The Hall–Kier alpha value is -2.50. The van der Waals surface area contributed by atoms with Crippen LogP contribution in [0.3, 0.4) is 0 Å². The molecule has 0 aromatic heterocycles. The Bertz CT molecular complexity index is 575. The summed E-state index contributed by atoms with van der Waals surface area (Å²) in [6, 6.07) is 6.31. The van der Waals surface area contributed by atoms with E-state index in [-0.39, 0.29) is 6.42 Å². The molecule has 0 bridgehead atoms. The second-order valence-electron chi connectivity index (χ2n) is 5.95. The summed E-state index contributed by atoms with van der Waals surface area (Å²) in [5, 5.41) is 11.5. The minimum atomic E-state index is -1.12. The minimum Gasteiger partial charge on any atom is -0.497 e. The summed E-state index contributed by atoms with van der Waals surface area (Å²) in [4.78, 5) is 22.9. The Morgan fingerprint density at radius 3 is 2.61 bits per heavy atom. The van der Waals surface area contributed by atoms with Crippen molar-refractivity contribution in [2.45, 2.75) is 38.8 Å². The van der Waals surface area contributed by atoms with Gasteiger partial charge in [0.25, 0.3) is 0 Å². The van der Waals surface area contributed by atoms with E-state index in [9.17, 15) is 14.7 Å². The highest BCUT2D eigenvalue weighted by Crippen LogP contribution is 2.14. The molecule has 1 amide bonds. The number of carboxylic acids is 1. The number of rotatable bonds is 6. The van der Waals surface area contributed by atoms with Crippen LogP contribution in [-0.4, -0.2) is 35.9 Å². The Morgan fingerprint density at radius 1 is 1.35 bits per heavy atom. The van der Waals surface area contributed by atoms with Crippen LogP contribution in [0.15, 0.2) is 30.3 Å². The molecule has 2 N–H and O–H groups in total. The second kappa shape index (κ2) is 8.22. The fourth-order valence-electron chi connectivity index (χ4n) is 1.76. The predicted molar refractivity (Wildman–Crippen MR) is 87.4 cm³/mol. The molecule has 0 saturated carbocycles. The number of alkyl carbamates (subject to hydrolysis) is 1. The molecule has 1 atom stereocenters. The first kappa shape index (κ1) is 18.5. The Morgan fingerprint density at radius 2 is 2.04 bits per heavy atom. The van der Waals surface area contributed by atoms with Crippen molar-refractivity contribution >= 4 is 18.1 Å². The van der Waals surface area contributed by atoms with Crippen LogP contribution in [0.25, 0.3) is 6.08 Å². The Balaban J connectivity index is 2.64. The third-order valence-electron chi connectivity index (χ3n) is 2.76. The largest absolute Gasteiger partial charge is 0.497 e. The number of methoxy groups -OCH3 is 1. The lowest BCUT2D eigenvalue weighted by atomic mass is 10.1. The zero-order valence-corrected chi connectivity index (χ0v) is 13.8. The molecule has 0 saturated heterocycles. The predicted octanol–water partition coefficient (Wildman–Crippen LogP) is 3.08. The van der Waals surface area contributed by atoms with E-state index in [1.165, 1.54) is 0 Å². The number of carbonyl (C=O) groups excluding carboxylic acids is 1. The van der Waals surface area contributed by atoms with Crippen LogP contribution in [0.4, 0.5) is 4.79 Å². The van der Waals surface area contributed by atoms with Crippen molar-refractivity contribution in [2.75, 3.05) is 7.11 Å².